The number of rotatable bonds is 30. The first kappa shape index (κ1) is 49.0. The zero-order valence-corrected chi connectivity index (χ0v) is 33.5. The van der Waals surface area contributed by atoms with Crippen molar-refractivity contribution in [2.75, 3.05) is 22.3 Å². The molecule has 2 aromatic heterocycles. The summed E-state index contributed by atoms with van der Waals surface area (Å²) in [5.41, 5.74) is 6.53. The third-order valence-electron chi connectivity index (χ3n) is 8.01. The van der Waals surface area contributed by atoms with Crippen LogP contribution in [0.3, 0.4) is 0 Å². The molecule has 2 aromatic rings. The van der Waals surface area contributed by atoms with Gasteiger partial charge in [0.2, 0.25) is 33.9 Å². The molecule has 2 rings (SSSR count). The summed E-state index contributed by atoms with van der Waals surface area (Å²) in [6.45, 7) is 0.516. The Kier molecular flexibility index (Phi) is 22.0. The minimum absolute atomic E-state index is 0.0117. The molecular weight excluding hydrogens is 831 g/mol. The van der Waals surface area contributed by atoms with Crippen molar-refractivity contribution in [3.63, 3.8) is 0 Å². The molecule has 0 aliphatic heterocycles. The van der Waals surface area contributed by atoms with Crippen molar-refractivity contribution >= 4 is 92.8 Å². The van der Waals surface area contributed by atoms with Gasteiger partial charge in [-0.15, -0.1) is 15.3 Å². The molecule has 4 amide bonds. The number of ketones is 1. The van der Waals surface area contributed by atoms with Gasteiger partial charge in [-0.3, -0.25) is 47.2 Å². The predicted octanol–water partition coefficient (Wildman–Crippen LogP) is -1.41. The van der Waals surface area contributed by atoms with E-state index in [1.165, 1.54) is 0 Å². The first-order valence-electron chi connectivity index (χ1n) is 17.8. The largest absolute Gasteiger partial charge is 0.755 e. The molecule has 24 nitrogen and oxygen atoms in total. The number of Topliss-reactive ketones (excluding diaryl/α,β-unsaturated/α-hetero) is 1. The second kappa shape index (κ2) is 26.0. The lowest BCUT2D eigenvalue weighted by atomic mass is 9.95. The summed E-state index contributed by atoms with van der Waals surface area (Å²) >= 11 is 2.12. The maximum absolute atomic E-state index is 12.8. The summed E-state index contributed by atoms with van der Waals surface area (Å²) in [5.74, 6) is -8.64. The van der Waals surface area contributed by atoms with Gasteiger partial charge in [0.15, 0.2) is 0 Å². The Labute approximate surface area is 343 Å². The Balaban J connectivity index is 1.69. The lowest BCUT2D eigenvalue weighted by Gasteiger charge is -2.21. The molecule has 0 saturated heterocycles. The highest BCUT2D eigenvalue weighted by molar-refractivity contribution is 7.80. The van der Waals surface area contributed by atoms with Crippen LogP contribution in [0.15, 0.2) is 6.20 Å². The Morgan fingerprint density at radius 3 is 2.19 bits per heavy atom. The van der Waals surface area contributed by atoms with Gasteiger partial charge < -0.3 is 46.9 Å². The minimum Gasteiger partial charge on any atom is -0.755 e. The summed E-state index contributed by atoms with van der Waals surface area (Å²) in [7, 11) is 0. The van der Waals surface area contributed by atoms with Gasteiger partial charge in [0.1, 0.15) is 17.9 Å². The molecule has 0 spiro atoms. The minimum atomic E-state index is -2.56. The second-order valence-corrected chi connectivity index (χ2v) is 14.8. The summed E-state index contributed by atoms with van der Waals surface area (Å²) in [6, 6.07) is -4.19. The maximum Gasteiger partial charge on any atom is 0.327 e. The molecule has 0 fully saturated rings. The Bertz CT molecular complexity index is 1760. The number of nitrogens with zero attached hydrogens (tertiary/aromatic N) is 5. The average molecular weight is 877 g/mol. The van der Waals surface area contributed by atoms with Crippen LogP contribution in [0, 0.1) is 5.92 Å². The molecule has 0 radical (unpaired) electrons. The standard InChI is InChI=1S/C31H47N11O13S3/c32-20(27(50)34-21(14-25(47)48)28(51)35-22(16-56)29(52)53)8-1-3-10-33-26(49)17(13-24(45)46)12-19(43)7-2-4-11-42-15-18(37-41-42)6-5-9-23(44)36-30-38-39-31(57-30)40-58(54)55/h15,17,20-22,56H,1-14,16,32H2,(H,33,49)(H,34,50)(H,35,51)(H,39,40)(H,45,46)(H,47,48)(H,52,53)(H,54,55)(H,36,38,44)/p-1/t17-,20-,21-,22-/m0/s1. The van der Waals surface area contributed by atoms with Gasteiger partial charge in [-0.05, 0) is 44.9 Å². The maximum atomic E-state index is 12.8. The highest BCUT2D eigenvalue weighted by Crippen LogP contribution is 2.20. The van der Waals surface area contributed by atoms with Crippen LogP contribution in [-0.2, 0) is 62.6 Å². The zero-order valence-electron chi connectivity index (χ0n) is 31.0. The number of aryl methyl sites for hydroxylation is 2. The number of aliphatic carboxylic acids is 3. The molecule has 0 aliphatic rings. The number of aromatic nitrogens is 5. The van der Waals surface area contributed by atoms with Crippen LogP contribution in [0.5, 0.6) is 0 Å². The van der Waals surface area contributed by atoms with Crippen molar-refractivity contribution in [1.82, 2.24) is 41.1 Å². The van der Waals surface area contributed by atoms with Gasteiger partial charge in [-0.2, -0.15) is 12.6 Å². The third kappa shape index (κ3) is 19.8. The lowest BCUT2D eigenvalue weighted by molar-refractivity contribution is -0.143. The van der Waals surface area contributed by atoms with E-state index in [0.29, 0.717) is 50.8 Å². The van der Waals surface area contributed by atoms with E-state index < -0.39 is 83.8 Å². The van der Waals surface area contributed by atoms with Gasteiger partial charge in [0.25, 0.3) is 0 Å². The number of amides is 4. The normalized spacial score (nSPS) is 13.6. The fourth-order valence-corrected chi connectivity index (χ4v) is 6.41. The van der Waals surface area contributed by atoms with E-state index in [0.717, 1.165) is 11.3 Å². The van der Waals surface area contributed by atoms with Crippen LogP contribution in [-0.4, -0.2) is 127 Å². The third-order valence-corrected chi connectivity index (χ3v) is 9.62. The summed E-state index contributed by atoms with van der Waals surface area (Å²) in [4.78, 5) is 96.4. The molecule has 2 heterocycles. The van der Waals surface area contributed by atoms with E-state index in [9.17, 15) is 52.2 Å². The van der Waals surface area contributed by atoms with E-state index in [1.807, 2.05) is 4.72 Å². The van der Waals surface area contributed by atoms with E-state index in [1.54, 1.807) is 10.9 Å². The highest BCUT2D eigenvalue weighted by atomic mass is 32.2. The van der Waals surface area contributed by atoms with E-state index in [-0.39, 0.29) is 59.9 Å². The molecule has 58 heavy (non-hydrogen) atoms. The molecule has 27 heteroatoms. The molecule has 0 aliphatic carbocycles. The number of carbonyl (C=O) groups excluding carboxylic acids is 5. The zero-order chi connectivity index (χ0) is 43.2. The van der Waals surface area contributed by atoms with Gasteiger partial charge in [0, 0.05) is 55.6 Å². The first-order chi connectivity index (χ1) is 27.5. The molecule has 5 atom stereocenters. The number of unbranched alkanes of at least 4 members (excludes halogenated alkanes) is 2. The number of hydrogen-bond donors (Lipinski definition) is 10. The molecule has 0 saturated carbocycles. The summed E-state index contributed by atoms with van der Waals surface area (Å²) in [5, 5.41) is 52.5. The Morgan fingerprint density at radius 2 is 1.53 bits per heavy atom. The molecule has 0 bridgehead atoms. The second-order valence-electron chi connectivity index (χ2n) is 12.8. The lowest BCUT2D eigenvalue weighted by Crippen LogP contribution is -2.55. The van der Waals surface area contributed by atoms with Crippen molar-refractivity contribution < 1.29 is 62.4 Å². The quantitative estimate of drug-likeness (QED) is 0.0245. The Hall–Kier alpha value is -5.12. The Morgan fingerprint density at radius 1 is 0.845 bits per heavy atom. The number of carboxylic acids is 3. The molecule has 1 unspecified atom stereocenters. The van der Waals surface area contributed by atoms with Crippen LogP contribution < -0.4 is 31.7 Å². The average Bonchev–Trinajstić information content (AvgIpc) is 3.79. The number of nitrogens with one attached hydrogen (secondary N) is 5. The molecule has 322 valence electrons. The van der Waals surface area contributed by atoms with Crippen LogP contribution >= 0.6 is 24.0 Å². The first-order valence-corrected chi connectivity index (χ1v) is 20.3. The van der Waals surface area contributed by atoms with Crippen molar-refractivity contribution in [3.05, 3.63) is 11.9 Å². The number of nitrogens with two attached hydrogens (primary N) is 1. The SMILES string of the molecule is N[C@@H](CCCCNC(=O)[C@H](CC(=O)O)CC(=O)CCCCn1cc(CCCC(=O)Nc2nnc(NS(=O)[O-])s2)nn1)C(=O)N[C@@H](CC(=O)O)C(=O)N[C@@H](CS)C(=O)O. The van der Waals surface area contributed by atoms with Gasteiger partial charge in [-0.25, -0.2) is 4.79 Å². The number of carbonyl (C=O) groups is 8. The predicted molar refractivity (Wildman–Crippen MR) is 206 cm³/mol. The van der Waals surface area contributed by atoms with Crippen molar-refractivity contribution in [1.29, 1.82) is 0 Å². The van der Waals surface area contributed by atoms with Crippen molar-refractivity contribution in [3.8, 4) is 0 Å². The molecule has 10 N–H and O–H groups in total. The molecule has 0 aromatic carbocycles. The van der Waals surface area contributed by atoms with E-state index in [2.05, 4.69) is 54.4 Å². The fourth-order valence-electron chi connectivity index (χ4n) is 5.10. The highest BCUT2D eigenvalue weighted by Gasteiger charge is 2.29. The summed E-state index contributed by atoms with van der Waals surface area (Å²) in [6.07, 6.45) is 2.83. The van der Waals surface area contributed by atoms with Gasteiger partial charge in [-0.1, -0.05) is 16.6 Å². The van der Waals surface area contributed by atoms with Crippen LogP contribution in [0.2, 0.25) is 0 Å². The van der Waals surface area contributed by atoms with Gasteiger partial charge in [0.05, 0.1) is 30.5 Å². The number of carboxylic acid groups (broad SMARTS) is 3. The number of thiol groups is 1. The van der Waals surface area contributed by atoms with E-state index >= 15 is 0 Å². The van der Waals surface area contributed by atoms with Crippen LogP contribution in [0.1, 0.15) is 76.3 Å². The van der Waals surface area contributed by atoms with E-state index in [4.69, 9.17) is 15.9 Å². The van der Waals surface area contributed by atoms with Crippen molar-refractivity contribution in [2.45, 2.75) is 102 Å². The topological polar surface area (TPSA) is 380 Å². The fraction of sp³-hybridized carbons (Fsp3) is 0.613. The number of anilines is 2. The van der Waals surface area contributed by atoms with Crippen molar-refractivity contribution in [2.24, 2.45) is 11.7 Å². The van der Waals surface area contributed by atoms with Crippen LogP contribution in [0.25, 0.3) is 0 Å². The molecular formula is C31H46N11O13S3-. The van der Waals surface area contributed by atoms with Gasteiger partial charge >= 0.3 is 17.9 Å². The number of hydrogen-bond acceptors (Lipinski definition) is 17. The van der Waals surface area contributed by atoms with Crippen LogP contribution in [0.4, 0.5) is 10.3 Å². The monoisotopic (exact) mass is 876 g/mol. The summed E-state index contributed by atoms with van der Waals surface area (Å²) < 4.78 is 24.9. The smallest absolute Gasteiger partial charge is 0.327 e.